The standard InChI is InChI=1S/C16H20N2O3/c1-12-13(8-9-21-12)10-18(2)11-16(19)17-14-4-6-15(20-3)7-5-14/h4-9H,10-11H2,1-3H3,(H,17,19). The Balaban J connectivity index is 1.84. The molecular formula is C16H20N2O3. The molecule has 0 saturated carbocycles. The van der Waals surface area contributed by atoms with Crippen molar-refractivity contribution in [3.05, 3.63) is 47.9 Å². The highest BCUT2D eigenvalue weighted by molar-refractivity contribution is 5.92. The predicted molar refractivity (Wildman–Crippen MR) is 81.4 cm³/mol. The van der Waals surface area contributed by atoms with Crippen LogP contribution in [0.1, 0.15) is 11.3 Å². The summed E-state index contributed by atoms with van der Waals surface area (Å²) in [6.07, 6.45) is 1.66. The van der Waals surface area contributed by atoms with E-state index in [0.717, 1.165) is 22.8 Å². The SMILES string of the molecule is COc1ccc(NC(=O)CN(C)Cc2ccoc2C)cc1. The van der Waals surface area contributed by atoms with Crippen molar-refractivity contribution < 1.29 is 13.9 Å². The lowest BCUT2D eigenvalue weighted by Crippen LogP contribution is -2.29. The second-order valence-corrected chi connectivity index (χ2v) is 4.95. The van der Waals surface area contributed by atoms with Gasteiger partial charge in [-0.15, -0.1) is 0 Å². The number of rotatable bonds is 6. The molecule has 5 heteroatoms. The molecule has 0 fully saturated rings. The van der Waals surface area contributed by atoms with Crippen LogP contribution in [0.4, 0.5) is 5.69 Å². The van der Waals surface area contributed by atoms with E-state index in [2.05, 4.69) is 5.32 Å². The molecule has 5 nitrogen and oxygen atoms in total. The molecule has 1 aromatic carbocycles. The third kappa shape index (κ3) is 4.36. The molecule has 0 saturated heterocycles. The predicted octanol–water partition coefficient (Wildman–Crippen LogP) is 2.67. The lowest BCUT2D eigenvalue weighted by atomic mass is 10.2. The van der Waals surface area contributed by atoms with Crippen molar-refractivity contribution in [2.45, 2.75) is 13.5 Å². The van der Waals surface area contributed by atoms with Crippen LogP contribution in [0.5, 0.6) is 5.75 Å². The molecular weight excluding hydrogens is 268 g/mol. The van der Waals surface area contributed by atoms with E-state index in [1.54, 1.807) is 13.4 Å². The Morgan fingerprint density at radius 2 is 2.00 bits per heavy atom. The summed E-state index contributed by atoms with van der Waals surface area (Å²) in [5, 5.41) is 2.86. The van der Waals surface area contributed by atoms with Crippen LogP contribution < -0.4 is 10.1 Å². The van der Waals surface area contributed by atoms with Crippen molar-refractivity contribution in [1.29, 1.82) is 0 Å². The van der Waals surface area contributed by atoms with Gasteiger partial charge in [-0.25, -0.2) is 0 Å². The molecule has 0 radical (unpaired) electrons. The number of nitrogens with one attached hydrogen (secondary N) is 1. The number of furan rings is 1. The largest absolute Gasteiger partial charge is 0.497 e. The molecule has 1 aromatic heterocycles. The number of anilines is 1. The van der Waals surface area contributed by atoms with Gasteiger partial charge in [-0.3, -0.25) is 9.69 Å². The molecule has 1 N–H and O–H groups in total. The minimum Gasteiger partial charge on any atom is -0.497 e. The molecule has 0 spiro atoms. The monoisotopic (exact) mass is 288 g/mol. The van der Waals surface area contributed by atoms with E-state index in [1.807, 2.05) is 49.2 Å². The molecule has 0 aliphatic rings. The Bertz CT molecular complexity index is 590. The number of ether oxygens (including phenoxy) is 1. The number of amides is 1. The lowest BCUT2D eigenvalue weighted by Gasteiger charge is -2.16. The minimum atomic E-state index is -0.0520. The number of carbonyl (C=O) groups excluding carboxylic acids is 1. The van der Waals surface area contributed by atoms with Crippen molar-refractivity contribution in [1.82, 2.24) is 4.90 Å². The van der Waals surface area contributed by atoms with Crippen LogP contribution in [0, 0.1) is 6.92 Å². The molecule has 21 heavy (non-hydrogen) atoms. The number of aryl methyl sites for hydroxylation is 1. The quantitative estimate of drug-likeness (QED) is 0.888. The average molecular weight is 288 g/mol. The number of hydrogen-bond donors (Lipinski definition) is 1. The maximum absolute atomic E-state index is 12.0. The van der Waals surface area contributed by atoms with E-state index in [4.69, 9.17) is 9.15 Å². The van der Waals surface area contributed by atoms with Crippen LogP contribution in [0.15, 0.2) is 41.0 Å². The van der Waals surface area contributed by atoms with Crippen LogP contribution in [0.3, 0.4) is 0 Å². The number of benzene rings is 1. The lowest BCUT2D eigenvalue weighted by molar-refractivity contribution is -0.117. The van der Waals surface area contributed by atoms with Crippen molar-refractivity contribution in [3.63, 3.8) is 0 Å². The van der Waals surface area contributed by atoms with Crippen LogP contribution in [-0.4, -0.2) is 31.5 Å². The van der Waals surface area contributed by atoms with Crippen LogP contribution in [0.2, 0.25) is 0 Å². The molecule has 2 rings (SSSR count). The maximum Gasteiger partial charge on any atom is 0.238 e. The first kappa shape index (κ1) is 15.1. The Kier molecular flexibility index (Phi) is 5.00. The van der Waals surface area contributed by atoms with Gasteiger partial charge in [0.15, 0.2) is 0 Å². The first-order valence-electron chi connectivity index (χ1n) is 6.74. The van der Waals surface area contributed by atoms with Gasteiger partial charge in [-0.05, 0) is 44.3 Å². The normalized spacial score (nSPS) is 10.7. The zero-order valence-electron chi connectivity index (χ0n) is 12.6. The Labute approximate surface area is 124 Å². The Morgan fingerprint density at radius 1 is 1.29 bits per heavy atom. The fourth-order valence-electron chi connectivity index (χ4n) is 2.04. The summed E-state index contributed by atoms with van der Waals surface area (Å²) in [6.45, 7) is 2.91. The van der Waals surface area contributed by atoms with Gasteiger partial charge >= 0.3 is 0 Å². The van der Waals surface area contributed by atoms with Crippen LogP contribution in [0.25, 0.3) is 0 Å². The van der Waals surface area contributed by atoms with Crippen molar-refractivity contribution in [2.75, 3.05) is 26.0 Å². The molecule has 2 aromatic rings. The highest BCUT2D eigenvalue weighted by Crippen LogP contribution is 2.15. The van der Waals surface area contributed by atoms with Gasteiger partial charge in [0.05, 0.1) is 19.9 Å². The Morgan fingerprint density at radius 3 is 2.57 bits per heavy atom. The molecule has 1 amide bonds. The molecule has 0 aliphatic carbocycles. The number of likely N-dealkylation sites (N-methyl/N-ethyl adjacent to an activating group) is 1. The fraction of sp³-hybridized carbons (Fsp3) is 0.312. The highest BCUT2D eigenvalue weighted by atomic mass is 16.5. The molecule has 112 valence electrons. The van der Waals surface area contributed by atoms with Gasteiger partial charge < -0.3 is 14.5 Å². The van der Waals surface area contributed by atoms with E-state index >= 15 is 0 Å². The summed E-state index contributed by atoms with van der Waals surface area (Å²) in [5.41, 5.74) is 1.85. The molecule has 1 heterocycles. The smallest absolute Gasteiger partial charge is 0.238 e. The summed E-state index contributed by atoms with van der Waals surface area (Å²) < 4.78 is 10.3. The van der Waals surface area contributed by atoms with Crippen molar-refractivity contribution in [3.8, 4) is 5.75 Å². The summed E-state index contributed by atoms with van der Waals surface area (Å²) in [7, 11) is 3.51. The van der Waals surface area contributed by atoms with Gasteiger partial charge in [0, 0.05) is 17.8 Å². The number of nitrogens with zero attached hydrogens (tertiary/aromatic N) is 1. The van der Waals surface area contributed by atoms with Crippen LogP contribution >= 0.6 is 0 Å². The van der Waals surface area contributed by atoms with E-state index in [1.165, 1.54) is 0 Å². The van der Waals surface area contributed by atoms with Crippen molar-refractivity contribution >= 4 is 11.6 Å². The van der Waals surface area contributed by atoms with Crippen molar-refractivity contribution in [2.24, 2.45) is 0 Å². The van der Waals surface area contributed by atoms with E-state index in [-0.39, 0.29) is 5.91 Å². The highest BCUT2D eigenvalue weighted by Gasteiger charge is 2.10. The summed E-state index contributed by atoms with van der Waals surface area (Å²) in [4.78, 5) is 13.9. The topological polar surface area (TPSA) is 54.7 Å². The molecule has 0 unspecified atom stereocenters. The van der Waals surface area contributed by atoms with Gasteiger partial charge in [0.25, 0.3) is 0 Å². The fourth-order valence-corrected chi connectivity index (χ4v) is 2.04. The zero-order valence-corrected chi connectivity index (χ0v) is 12.6. The Hall–Kier alpha value is -2.27. The van der Waals surface area contributed by atoms with E-state index in [0.29, 0.717) is 13.1 Å². The van der Waals surface area contributed by atoms with Gasteiger partial charge in [0.2, 0.25) is 5.91 Å². The van der Waals surface area contributed by atoms with Gasteiger partial charge in [0.1, 0.15) is 11.5 Å². The number of methoxy groups -OCH3 is 1. The molecule has 0 bridgehead atoms. The first-order valence-corrected chi connectivity index (χ1v) is 6.74. The minimum absolute atomic E-state index is 0.0520. The second kappa shape index (κ2) is 6.95. The number of hydrogen-bond acceptors (Lipinski definition) is 4. The second-order valence-electron chi connectivity index (χ2n) is 4.95. The third-order valence-electron chi connectivity index (χ3n) is 3.19. The van der Waals surface area contributed by atoms with Gasteiger partial charge in [-0.1, -0.05) is 0 Å². The average Bonchev–Trinajstić information content (AvgIpc) is 2.84. The number of carbonyl (C=O) groups is 1. The summed E-state index contributed by atoms with van der Waals surface area (Å²) >= 11 is 0. The third-order valence-corrected chi connectivity index (χ3v) is 3.19. The van der Waals surface area contributed by atoms with E-state index < -0.39 is 0 Å². The summed E-state index contributed by atoms with van der Waals surface area (Å²) in [5.74, 6) is 1.60. The van der Waals surface area contributed by atoms with Gasteiger partial charge in [-0.2, -0.15) is 0 Å². The zero-order chi connectivity index (χ0) is 15.2. The molecule has 0 aliphatic heterocycles. The maximum atomic E-state index is 12.0. The summed E-state index contributed by atoms with van der Waals surface area (Å²) in [6, 6.07) is 9.18. The van der Waals surface area contributed by atoms with Crippen LogP contribution in [-0.2, 0) is 11.3 Å². The van der Waals surface area contributed by atoms with E-state index in [9.17, 15) is 4.79 Å². The first-order chi connectivity index (χ1) is 10.1. The molecule has 0 atom stereocenters.